The monoisotopic (exact) mass is 420 g/mol. The van der Waals surface area contributed by atoms with Crippen molar-refractivity contribution in [1.82, 2.24) is 0 Å². The smallest absolute Gasteiger partial charge is 0.334 e. The van der Waals surface area contributed by atoms with Crippen LogP contribution in [0.5, 0.6) is 0 Å². The number of ketones is 1. The molecule has 0 spiro atoms. The summed E-state index contributed by atoms with van der Waals surface area (Å²) in [5.41, 5.74) is 1.09. The maximum atomic E-state index is 13.0. The highest BCUT2D eigenvalue weighted by Gasteiger charge is 2.53. The number of hydrogen-bond acceptors (Lipinski definition) is 4. The van der Waals surface area contributed by atoms with Crippen LogP contribution in [0.25, 0.3) is 0 Å². The third-order valence-electron chi connectivity index (χ3n) is 6.48. The highest BCUT2D eigenvalue weighted by atomic mass is 28.4. The number of rotatable bonds is 5. The summed E-state index contributed by atoms with van der Waals surface area (Å²) in [4.78, 5) is 25.1. The molecule has 1 aliphatic carbocycles. The molecule has 0 radical (unpaired) electrons. The Morgan fingerprint density at radius 2 is 1.50 bits per heavy atom. The van der Waals surface area contributed by atoms with E-state index in [1.807, 2.05) is 36.4 Å². The van der Waals surface area contributed by atoms with Crippen LogP contribution in [0.3, 0.4) is 0 Å². The topological polar surface area (TPSA) is 52.6 Å². The molecule has 1 saturated heterocycles. The Morgan fingerprint density at radius 1 is 0.967 bits per heavy atom. The Morgan fingerprint density at radius 3 is 2.00 bits per heavy atom. The van der Waals surface area contributed by atoms with Crippen molar-refractivity contribution in [1.29, 1.82) is 0 Å². The number of esters is 1. The standard InChI is InChI=1S/C25H28O4Si/c1-17-22-20(15-28-24(22)27)21(23(17)26)16-29-30(25(2,3)4,18-11-7-5-8-12-18)19-13-9-6-10-14-19/h5-14,20-21H,15-16H2,1-4H3/t20-,21-/m0/s1. The van der Waals surface area contributed by atoms with E-state index in [-0.39, 0.29) is 41.8 Å². The van der Waals surface area contributed by atoms with Crippen molar-refractivity contribution in [3.63, 3.8) is 0 Å². The molecule has 2 aromatic carbocycles. The van der Waals surface area contributed by atoms with Gasteiger partial charge in [-0.2, -0.15) is 0 Å². The van der Waals surface area contributed by atoms with Crippen molar-refractivity contribution in [3.05, 3.63) is 71.8 Å². The van der Waals surface area contributed by atoms with Gasteiger partial charge in [0, 0.05) is 18.1 Å². The largest absolute Gasteiger partial charge is 0.462 e. The summed E-state index contributed by atoms with van der Waals surface area (Å²) in [7, 11) is -2.73. The summed E-state index contributed by atoms with van der Waals surface area (Å²) >= 11 is 0. The van der Waals surface area contributed by atoms with Gasteiger partial charge in [0.2, 0.25) is 0 Å². The third-order valence-corrected chi connectivity index (χ3v) is 11.5. The Labute approximate surface area is 179 Å². The van der Waals surface area contributed by atoms with E-state index in [9.17, 15) is 9.59 Å². The molecule has 2 atom stereocenters. The zero-order chi connectivity index (χ0) is 21.5. The van der Waals surface area contributed by atoms with Gasteiger partial charge in [-0.3, -0.25) is 4.79 Å². The second-order valence-electron chi connectivity index (χ2n) is 9.19. The molecule has 0 saturated carbocycles. The SMILES string of the molecule is CC1=C2C(=O)OC[C@H]2[C@H](CO[Si](c2ccccc2)(c2ccccc2)C(C)(C)C)C1=O. The molecule has 4 nitrogen and oxygen atoms in total. The number of Topliss-reactive ketones (excluding diaryl/α,β-unsaturated/α-hetero) is 1. The average molecular weight is 421 g/mol. The molecule has 0 N–H and O–H groups in total. The van der Waals surface area contributed by atoms with E-state index < -0.39 is 8.32 Å². The summed E-state index contributed by atoms with van der Waals surface area (Å²) in [5, 5.41) is 2.19. The third kappa shape index (κ3) is 3.17. The number of ether oxygens (including phenoxy) is 1. The molecular weight excluding hydrogens is 392 g/mol. The van der Waals surface area contributed by atoms with Crippen molar-refractivity contribution < 1.29 is 18.8 Å². The Balaban J connectivity index is 1.75. The van der Waals surface area contributed by atoms with Gasteiger partial charge >= 0.3 is 5.97 Å². The fraction of sp³-hybridized carbons (Fsp3) is 0.360. The molecule has 2 aromatic rings. The van der Waals surface area contributed by atoms with Crippen molar-refractivity contribution in [2.75, 3.05) is 13.2 Å². The molecule has 4 rings (SSSR count). The van der Waals surface area contributed by atoms with Crippen LogP contribution < -0.4 is 10.4 Å². The number of cyclic esters (lactones) is 1. The number of hydrogen-bond donors (Lipinski definition) is 0. The van der Waals surface area contributed by atoms with Crippen LogP contribution in [0.2, 0.25) is 5.04 Å². The summed E-state index contributed by atoms with van der Waals surface area (Å²) in [6.45, 7) is 8.94. The van der Waals surface area contributed by atoms with Gasteiger partial charge in [-0.05, 0) is 22.3 Å². The van der Waals surface area contributed by atoms with Crippen LogP contribution in [-0.2, 0) is 18.8 Å². The first-order chi connectivity index (χ1) is 14.3. The Hall–Kier alpha value is -2.50. The first-order valence-corrected chi connectivity index (χ1v) is 12.4. The minimum atomic E-state index is -2.73. The van der Waals surface area contributed by atoms with Crippen LogP contribution in [0.1, 0.15) is 27.7 Å². The number of allylic oxidation sites excluding steroid dienone is 1. The Kier molecular flexibility index (Phi) is 5.28. The maximum absolute atomic E-state index is 13.0. The molecule has 2 aliphatic rings. The number of fused-ring (bicyclic) bond motifs is 1. The number of carbonyl (C=O) groups is 2. The van der Waals surface area contributed by atoms with E-state index in [0.717, 1.165) is 0 Å². The van der Waals surface area contributed by atoms with E-state index in [0.29, 0.717) is 11.1 Å². The second-order valence-corrected chi connectivity index (χ2v) is 13.5. The summed E-state index contributed by atoms with van der Waals surface area (Å²) in [5.74, 6) is -0.889. The lowest BCUT2D eigenvalue weighted by Gasteiger charge is -2.43. The first kappa shape index (κ1) is 20.8. The van der Waals surface area contributed by atoms with Crippen LogP contribution in [0, 0.1) is 11.8 Å². The molecular formula is C25H28O4Si. The zero-order valence-electron chi connectivity index (χ0n) is 18.0. The minimum Gasteiger partial charge on any atom is -0.462 e. The quantitative estimate of drug-likeness (QED) is 0.550. The van der Waals surface area contributed by atoms with E-state index in [1.54, 1.807) is 6.92 Å². The zero-order valence-corrected chi connectivity index (χ0v) is 19.0. The lowest BCUT2D eigenvalue weighted by atomic mass is 9.94. The molecule has 156 valence electrons. The molecule has 1 fully saturated rings. The van der Waals surface area contributed by atoms with Gasteiger partial charge in [0.1, 0.15) is 0 Å². The van der Waals surface area contributed by atoms with Crippen LogP contribution in [-0.4, -0.2) is 33.3 Å². The van der Waals surface area contributed by atoms with Gasteiger partial charge < -0.3 is 9.16 Å². The van der Waals surface area contributed by atoms with Crippen LogP contribution in [0.15, 0.2) is 71.8 Å². The first-order valence-electron chi connectivity index (χ1n) is 10.4. The summed E-state index contributed by atoms with van der Waals surface area (Å²) < 4.78 is 12.2. The fourth-order valence-corrected chi connectivity index (χ4v) is 9.57. The Bertz CT molecular complexity index is 949. The molecule has 30 heavy (non-hydrogen) atoms. The van der Waals surface area contributed by atoms with Gasteiger partial charge in [0.15, 0.2) is 5.78 Å². The minimum absolute atomic E-state index is 0.0181. The lowest BCUT2D eigenvalue weighted by molar-refractivity contribution is -0.136. The van der Waals surface area contributed by atoms with Crippen molar-refractivity contribution >= 4 is 30.4 Å². The number of benzene rings is 2. The summed E-state index contributed by atoms with van der Waals surface area (Å²) in [6, 6.07) is 20.8. The molecule has 0 bridgehead atoms. The molecule has 0 amide bonds. The molecule has 1 aliphatic heterocycles. The van der Waals surface area contributed by atoms with Crippen LogP contribution >= 0.6 is 0 Å². The lowest BCUT2D eigenvalue weighted by Crippen LogP contribution is -2.67. The number of carbonyl (C=O) groups excluding carboxylic acids is 2. The van der Waals surface area contributed by atoms with Crippen LogP contribution in [0.4, 0.5) is 0 Å². The highest BCUT2D eigenvalue weighted by Crippen LogP contribution is 2.42. The second kappa shape index (κ2) is 7.64. The maximum Gasteiger partial charge on any atom is 0.334 e. The van der Waals surface area contributed by atoms with Crippen molar-refractivity contribution in [2.24, 2.45) is 11.8 Å². The van der Waals surface area contributed by atoms with Crippen molar-refractivity contribution in [2.45, 2.75) is 32.7 Å². The normalized spacial score (nSPS) is 21.7. The van der Waals surface area contributed by atoms with Gasteiger partial charge in [0.25, 0.3) is 8.32 Å². The predicted octanol–water partition coefficient (Wildman–Crippen LogP) is 3.25. The van der Waals surface area contributed by atoms with Gasteiger partial charge in [-0.1, -0.05) is 81.4 Å². The fourth-order valence-electron chi connectivity index (χ4n) is 4.99. The van der Waals surface area contributed by atoms with E-state index in [1.165, 1.54) is 10.4 Å². The molecule has 0 aromatic heterocycles. The van der Waals surface area contributed by atoms with Gasteiger partial charge in [-0.15, -0.1) is 0 Å². The molecule has 0 unspecified atom stereocenters. The predicted molar refractivity (Wildman–Crippen MR) is 119 cm³/mol. The summed E-state index contributed by atoms with van der Waals surface area (Å²) in [6.07, 6.45) is 0. The van der Waals surface area contributed by atoms with Gasteiger partial charge in [0.05, 0.1) is 18.1 Å². The molecule has 1 heterocycles. The van der Waals surface area contributed by atoms with E-state index >= 15 is 0 Å². The van der Waals surface area contributed by atoms with Gasteiger partial charge in [-0.25, -0.2) is 4.79 Å². The van der Waals surface area contributed by atoms with Crippen molar-refractivity contribution in [3.8, 4) is 0 Å². The highest BCUT2D eigenvalue weighted by molar-refractivity contribution is 6.99. The van der Waals surface area contributed by atoms with E-state index in [2.05, 4.69) is 45.0 Å². The molecule has 5 heteroatoms. The van der Waals surface area contributed by atoms with E-state index in [4.69, 9.17) is 9.16 Å². The average Bonchev–Trinajstić information content (AvgIpc) is 3.22.